The average molecular weight is 468 g/mol. The molecule has 4 aliphatic rings. The molecule has 5 heteroatoms. The molecule has 1 N–H and O–H groups in total. The van der Waals surface area contributed by atoms with Gasteiger partial charge in [-0.2, -0.15) is 0 Å². The van der Waals surface area contributed by atoms with Gasteiger partial charge in [-0.15, -0.1) is 0 Å². The van der Waals surface area contributed by atoms with Crippen LogP contribution in [0.3, 0.4) is 0 Å². The number of amides is 1. The predicted molar refractivity (Wildman–Crippen MR) is 131 cm³/mol. The Hall–Kier alpha value is -0.580. The van der Waals surface area contributed by atoms with Crippen LogP contribution < -0.4 is 5.32 Å². The van der Waals surface area contributed by atoms with E-state index in [1.165, 1.54) is 31.9 Å². The van der Waals surface area contributed by atoms with E-state index < -0.39 is 15.7 Å². The van der Waals surface area contributed by atoms with Crippen LogP contribution in [0.2, 0.25) is 0 Å². The molecule has 0 aromatic heterocycles. The van der Waals surface area contributed by atoms with Crippen LogP contribution in [0.15, 0.2) is 0 Å². The van der Waals surface area contributed by atoms with Crippen molar-refractivity contribution in [3.8, 4) is 0 Å². The number of sulfone groups is 1. The first-order chi connectivity index (χ1) is 15.8. The predicted octanol–water partition coefficient (Wildman–Crippen LogP) is 5.61. The van der Waals surface area contributed by atoms with Crippen molar-refractivity contribution in [2.45, 2.75) is 97.8 Å². The molecule has 4 nitrogen and oxygen atoms in total. The van der Waals surface area contributed by atoms with Crippen LogP contribution in [0.25, 0.3) is 0 Å². The molecule has 4 unspecified atom stereocenters. The first kappa shape index (κ1) is 21.9. The standard InChI is InChI=1S/C27H47NO3S/c1-19(8-13-25(29)28-17-18-32(4,30)31)22-11-12-23-21-10-9-20-7-5-6-15-26(20,2)24(21)14-16-27(22,23)3/h19-24H,5-18H2,1-4H3,(H,28,29)/t19?,20-,21-,22?,23?,24-,26-,27+/m0/s1/i10D,21D/t10?,19?,20-,21-,22?,23?,24-,26-,27+. The van der Waals surface area contributed by atoms with Gasteiger partial charge in [-0.1, -0.05) is 33.6 Å². The Bertz CT molecular complexity index is 881. The van der Waals surface area contributed by atoms with Gasteiger partial charge in [-0.3, -0.25) is 4.79 Å². The summed E-state index contributed by atoms with van der Waals surface area (Å²) < 4.78 is 41.7. The molecule has 4 saturated carbocycles. The van der Waals surface area contributed by atoms with Crippen molar-refractivity contribution in [1.29, 1.82) is 0 Å². The van der Waals surface area contributed by atoms with Crippen LogP contribution in [-0.2, 0) is 14.6 Å². The Balaban J connectivity index is 1.43. The fraction of sp³-hybridized carbons (Fsp3) is 0.963. The number of carbonyl (C=O) groups excluding carboxylic acids is 1. The molecule has 4 aliphatic carbocycles. The third kappa shape index (κ3) is 4.66. The molecular weight excluding hydrogens is 418 g/mol. The third-order valence-electron chi connectivity index (χ3n) is 10.4. The second-order valence-electron chi connectivity index (χ2n) is 12.2. The summed E-state index contributed by atoms with van der Waals surface area (Å²) in [6, 6.07) is 0. The van der Waals surface area contributed by atoms with Gasteiger partial charge in [0.1, 0.15) is 9.84 Å². The average Bonchev–Trinajstić information content (AvgIpc) is 3.10. The molecule has 4 fully saturated rings. The lowest BCUT2D eigenvalue weighted by Gasteiger charge is -2.61. The van der Waals surface area contributed by atoms with Crippen molar-refractivity contribution in [2.75, 3.05) is 18.6 Å². The van der Waals surface area contributed by atoms with Crippen LogP contribution in [0.1, 0.15) is 101 Å². The highest BCUT2D eigenvalue weighted by Crippen LogP contribution is 2.68. The number of carbonyl (C=O) groups is 1. The van der Waals surface area contributed by atoms with Crippen molar-refractivity contribution in [2.24, 2.45) is 46.3 Å². The number of rotatable bonds is 7. The number of hydrogen-bond acceptors (Lipinski definition) is 3. The largest absolute Gasteiger partial charge is 0.355 e. The summed E-state index contributed by atoms with van der Waals surface area (Å²) in [4.78, 5) is 12.3. The minimum Gasteiger partial charge on any atom is -0.355 e. The van der Waals surface area contributed by atoms with Gasteiger partial charge in [0, 0.05) is 22.0 Å². The fourth-order valence-corrected chi connectivity index (χ4v) is 9.02. The van der Waals surface area contributed by atoms with Crippen LogP contribution in [0.5, 0.6) is 0 Å². The highest BCUT2D eigenvalue weighted by molar-refractivity contribution is 7.90. The third-order valence-corrected chi connectivity index (χ3v) is 11.3. The van der Waals surface area contributed by atoms with E-state index in [1.54, 1.807) is 0 Å². The number of fused-ring (bicyclic) bond motifs is 5. The van der Waals surface area contributed by atoms with E-state index in [9.17, 15) is 16.0 Å². The summed E-state index contributed by atoms with van der Waals surface area (Å²) in [5.74, 6) is 1.45. The van der Waals surface area contributed by atoms with E-state index in [-0.39, 0.29) is 41.3 Å². The molecule has 0 radical (unpaired) electrons. The van der Waals surface area contributed by atoms with Crippen molar-refractivity contribution < 1.29 is 16.0 Å². The van der Waals surface area contributed by atoms with E-state index in [0.717, 1.165) is 38.5 Å². The zero-order valence-corrected chi connectivity index (χ0v) is 21.6. The molecule has 9 atom stereocenters. The van der Waals surface area contributed by atoms with Gasteiger partial charge >= 0.3 is 0 Å². The quantitative estimate of drug-likeness (QED) is 0.529. The second kappa shape index (κ2) is 9.23. The smallest absolute Gasteiger partial charge is 0.220 e. The van der Waals surface area contributed by atoms with Gasteiger partial charge in [0.15, 0.2) is 0 Å². The first-order valence-corrected chi connectivity index (χ1v) is 15.2. The van der Waals surface area contributed by atoms with E-state index in [4.69, 9.17) is 0 Å². The monoisotopic (exact) mass is 467 g/mol. The summed E-state index contributed by atoms with van der Waals surface area (Å²) in [7, 11) is -3.07. The zero-order chi connectivity index (χ0) is 24.9. The molecule has 0 aromatic carbocycles. The highest BCUT2D eigenvalue weighted by atomic mass is 32.2. The van der Waals surface area contributed by atoms with Crippen molar-refractivity contribution >= 4 is 15.7 Å². The normalized spacial score (nSPS) is 47.9. The first-order valence-electron chi connectivity index (χ1n) is 14.3. The molecule has 0 aliphatic heterocycles. The van der Waals surface area contributed by atoms with Gasteiger partial charge in [0.2, 0.25) is 5.91 Å². The molecule has 0 saturated heterocycles. The van der Waals surface area contributed by atoms with Gasteiger partial charge in [-0.25, -0.2) is 8.42 Å². The Morgan fingerprint density at radius 3 is 2.59 bits per heavy atom. The van der Waals surface area contributed by atoms with Crippen LogP contribution in [0, 0.1) is 46.3 Å². The Morgan fingerprint density at radius 1 is 1.09 bits per heavy atom. The lowest BCUT2D eigenvalue weighted by molar-refractivity contribution is -0.122. The number of nitrogens with one attached hydrogen (secondary N) is 1. The van der Waals surface area contributed by atoms with E-state index in [2.05, 4.69) is 26.1 Å². The molecule has 32 heavy (non-hydrogen) atoms. The van der Waals surface area contributed by atoms with Gasteiger partial charge in [-0.05, 0) is 104 Å². The fourth-order valence-electron chi connectivity index (χ4n) is 8.54. The summed E-state index contributed by atoms with van der Waals surface area (Å²) in [5, 5.41) is 2.76. The van der Waals surface area contributed by atoms with Gasteiger partial charge in [0.25, 0.3) is 0 Å². The lowest BCUT2D eigenvalue weighted by atomic mass is 9.44. The van der Waals surface area contributed by atoms with Gasteiger partial charge < -0.3 is 5.32 Å². The van der Waals surface area contributed by atoms with Crippen molar-refractivity contribution in [3.63, 3.8) is 0 Å². The molecule has 0 heterocycles. The molecule has 0 aromatic rings. The molecule has 184 valence electrons. The zero-order valence-electron chi connectivity index (χ0n) is 22.8. The van der Waals surface area contributed by atoms with Crippen molar-refractivity contribution in [3.05, 3.63) is 0 Å². The van der Waals surface area contributed by atoms with Crippen LogP contribution in [0.4, 0.5) is 0 Å². The molecule has 4 rings (SSSR count). The van der Waals surface area contributed by atoms with Crippen molar-refractivity contribution in [1.82, 2.24) is 5.32 Å². The molecule has 0 spiro atoms. The Labute approximate surface area is 199 Å². The molecule has 0 bridgehead atoms. The lowest BCUT2D eigenvalue weighted by Crippen LogP contribution is -2.53. The Morgan fingerprint density at radius 2 is 1.84 bits per heavy atom. The van der Waals surface area contributed by atoms with E-state index >= 15 is 0 Å². The highest BCUT2D eigenvalue weighted by Gasteiger charge is 2.60. The SMILES string of the molecule is [2H]C1C[C@@H]2CCCC[C@]2(C)[C@H]2CC[C@]3(C)C(C(C)CCC(=O)NCCS(C)(=O)=O)CCC3[C@]12[2H]. The van der Waals surface area contributed by atoms with Crippen LogP contribution >= 0.6 is 0 Å². The summed E-state index contributed by atoms with van der Waals surface area (Å²) in [5.41, 5.74) is 0.328. The maximum absolute atomic E-state index is 12.3. The molecule has 1 amide bonds. The minimum atomic E-state index is -3.07. The minimum absolute atomic E-state index is 0.0164. The number of hydrogen-bond donors (Lipinski definition) is 1. The molecular formula is C27H47NO3S. The van der Waals surface area contributed by atoms with E-state index in [0.29, 0.717) is 30.1 Å². The summed E-state index contributed by atoms with van der Waals surface area (Å²) >= 11 is 0. The van der Waals surface area contributed by atoms with Crippen LogP contribution in [-0.4, -0.2) is 32.9 Å². The van der Waals surface area contributed by atoms with E-state index in [1.807, 2.05) is 0 Å². The van der Waals surface area contributed by atoms with Gasteiger partial charge in [0.05, 0.1) is 5.75 Å². The summed E-state index contributed by atoms with van der Waals surface area (Å²) in [6.07, 6.45) is 12.6. The Kier molecular flexibility index (Phi) is 6.32. The topological polar surface area (TPSA) is 63.2 Å². The summed E-state index contributed by atoms with van der Waals surface area (Å²) in [6.45, 7) is 7.33. The maximum atomic E-state index is 12.3. The second-order valence-corrected chi connectivity index (χ2v) is 14.5. The maximum Gasteiger partial charge on any atom is 0.220 e.